The standard InChI is InChI=1S/C28H36N4O7S/c1-40-14-12-21(29)25(35)30-22(15-17-4-8-19(33)9-5-17)26(36)31-23(16-18-6-10-20(34)11-7-18)27(37)32-13-2-3-24(32)28(38)39/h4-11,21-24,33-34H,2-3,12-16,29H2,1H3,(H,30,35)(H,31,36)(H,38,39). The van der Waals surface area contributed by atoms with E-state index in [1.165, 1.54) is 29.2 Å². The molecule has 0 aromatic heterocycles. The van der Waals surface area contributed by atoms with Gasteiger partial charge in [-0.05, 0) is 66.7 Å². The Kier molecular flexibility index (Phi) is 11.2. The molecule has 2 aromatic carbocycles. The number of carbonyl (C=O) groups excluding carboxylic acids is 3. The van der Waals surface area contributed by atoms with Crippen LogP contribution >= 0.6 is 11.8 Å². The van der Waals surface area contributed by atoms with Crippen LogP contribution in [0.4, 0.5) is 0 Å². The van der Waals surface area contributed by atoms with Crippen molar-refractivity contribution in [1.29, 1.82) is 0 Å². The SMILES string of the molecule is CSCCC(N)C(=O)NC(Cc1ccc(O)cc1)C(=O)NC(Cc1ccc(O)cc1)C(=O)N1CCCC1C(=O)O. The average Bonchev–Trinajstić information content (AvgIpc) is 3.43. The summed E-state index contributed by atoms with van der Waals surface area (Å²) in [4.78, 5) is 53.1. The molecule has 1 aliphatic rings. The smallest absolute Gasteiger partial charge is 0.326 e. The number of aromatic hydroxyl groups is 2. The fraction of sp³-hybridized carbons (Fsp3) is 0.429. The number of nitrogens with two attached hydrogens (primary N) is 1. The number of thioether (sulfide) groups is 1. The van der Waals surface area contributed by atoms with E-state index in [2.05, 4.69) is 10.6 Å². The molecule has 4 atom stereocenters. The van der Waals surface area contributed by atoms with Gasteiger partial charge in [0.2, 0.25) is 17.7 Å². The van der Waals surface area contributed by atoms with E-state index in [-0.39, 0.29) is 30.9 Å². The van der Waals surface area contributed by atoms with E-state index in [1.54, 1.807) is 36.0 Å². The highest BCUT2D eigenvalue weighted by atomic mass is 32.2. The normalized spacial score (nSPS) is 17.1. The number of hydrogen-bond donors (Lipinski definition) is 6. The van der Waals surface area contributed by atoms with E-state index in [4.69, 9.17) is 5.73 Å². The number of amides is 3. The van der Waals surface area contributed by atoms with Gasteiger partial charge in [-0.25, -0.2) is 4.79 Å². The van der Waals surface area contributed by atoms with E-state index in [9.17, 15) is 34.5 Å². The molecule has 3 rings (SSSR count). The summed E-state index contributed by atoms with van der Waals surface area (Å²) in [6.07, 6.45) is 3.25. The van der Waals surface area contributed by atoms with Gasteiger partial charge in [0.05, 0.1) is 6.04 Å². The van der Waals surface area contributed by atoms with Gasteiger partial charge >= 0.3 is 5.97 Å². The molecule has 7 N–H and O–H groups in total. The molecule has 216 valence electrons. The van der Waals surface area contributed by atoms with Crippen LogP contribution in [0.2, 0.25) is 0 Å². The first kappa shape index (κ1) is 30.8. The number of benzene rings is 2. The van der Waals surface area contributed by atoms with Crippen LogP contribution in [0.5, 0.6) is 11.5 Å². The van der Waals surface area contributed by atoms with E-state index in [0.717, 1.165) is 0 Å². The Morgan fingerprint density at radius 2 is 1.45 bits per heavy atom. The van der Waals surface area contributed by atoms with Gasteiger partial charge in [-0.1, -0.05) is 24.3 Å². The van der Waals surface area contributed by atoms with Gasteiger partial charge in [0.1, 0.15) is 29.6 Å². The summed E-state index contributed by atoms with van der Waals surface area (Å²) in [6, 6.07) is 8.26. The third kappa shape index (κ3) is 8.62. The fourth-order valence-corrected chi connectivity index (χ4v) is 5.05. The first-order chi connectivity index (χ1) is 19.1. The summed E-state index contributed by atoms with van der Waals surface area (Å²) in [5.74, 6) is -2.06. The number of aliphatic carboxylic acids is 1. The van der Waals surface area contributed by atoms with Gasteiger partial charge in [-0.2, -0.15) is 11.8 Å². The molecule has 0 spiro atoms. The zero-order valence-electron chi connectivity index (χ0n) is 22.3. The van der Waals surface area contributed by atoms with Crippen molar-refractivity contribution < 1.29 is 34.5 Å². The van der Waals surface area contributed by atoms with Gasteiger partial charge in [-0.15, -0.1) is 0 Å². The summed E-state index contributed by atoms with van der Waals surface area (Å²) in [5.41, 5.74) is 7.32. The molecule has 1 fully saturated rings. The van der Waals surface area contributed by atoms with E-state index >= 15 is 0 Å². The number of phenols is 2. The number of hydrogen-bond acceptors (Lipinski definition) is 8. The molecule has 40 heavy (non-hydrogen) atoms. The minimum absolute atomic E-state index is 0.0376. The quantitative estimate of drug-likeness (QED) is 0.204. The average molecular weight is 573 g/mol. The molecule has 1 heterocycles. The summed E-state index contributed by atoms with van der Waals surface area (Å²) >= 11 is 1.54. The van der Waals surface area contributed by atoms with Crippen molar-refractivity contribution in [2.24, 2.45) is 5.73 Å². The van der Waals surface area contributed by atoms with Crippen molar-refractivity contribution in [2.75, 3.05) is 18.6 Å². The third-order valence-electron chi connectivity index (χ3n) is 6.79. The molecule has 12 heteroatoms. The first-order valence-electron chi connectivity index (χ1n) is 13.0. The lowest BCUT2D eigenvalue weighted by molar-refractivity contribution is -0.149. The van der Waals surface area contributed by atoms with Crippen molar-refractivity contribution in [1.82, 2.24) is 15.5 Å². The zero-order valence-corrected chi connectivity index (χ0v) is 23.1. The lowest BCUT2D eigenvalue weighted by Gasteiger charge is -2.29. The fourth-order valence-electron chi connectivity index (χ4n) is 4.56. The predicted octanol–water partition coefficient (Wildman–Crippen LogP) is 1.01. The highest BCUT2D eigenvalue weighted by molar-refractivity contribution is 7.98. The van der Waals surface area contributed by atoms with Crippen molar-refractivity contribution in [2.45, 2.75) is 56.3 Å². The predicted molar refractivity (Wildman–Crippen MR) is 151 cm³/mol. The number of nitrogens with zero attached hydrogens (tertiary/aromatic N) is 1. The van der Waals surface area contributed by atoms with Crippen molar-refractivity contribution in [3.8, 4) is 11.5 Å². The molecule has 0 saturated carbocycles. The molecule has 0 radical (unpaired) electrons. The number of likely N-dealkylation sites (tertiary alicyclic amines) is 1. The van der Waals surface area contributed by atoms with Gasteiger partial charge in [0, 0.05) is 19.4 Å². The zero-order chi connectivity index (χ0) is 29.2. The summed E-state index contributed by atoms with van der Waals surface area (Å²) in [6.45, 7) is 0.246. The van der Waals surface area contributed by atoms with Crippen LogP contribution in [0, 0.1) is 0 Å². The van der Waals surface area contributed by atoms with E-state index in [0.29, 0.717) is 36.1 Å². The van der Waals surface area contributed by atoms with Crippen LogP contribution < -0.4 is 16.4 Å². The van der Waals surface area contributed by atoms with Crippen molar-refractivity contribution in [3.63, 3.8) is 0 Å². The highest BCUT2D eigenvalue weighted by Crippen LogP contribution is 2.21. The number of carboxylic acids is 1. The van der Waals surface area contributed by atoms with Gasteiger partial charge in [0.15, 0.2) is 0 Å². The number of rotatable bonds is 13. The Bertz CT molecular complexity index is 1180. The molecule has 2 aromatic rings. The minimum atomic E-state index is -1.12. The summed E-state index contributed by atoms with van der Waals surface area (Å²) < 4.78 is 0. The first-order valence-corrected chi connectivity index (χ1v) is 14.4. The summed E-state index contributed by atoms with van der Waals surface area (Å²) in [7, 11) is 0. The van der Waals surface area contributed by atoms with Gasteiger partial charge in [-0.3, -0.25) is 14.4 Å². The van der Waals surface area contributed by atoms with E-state index in [1.807, 2.05) is 6.26 Å². The second kappa shape index (κ2) is 14.6. The Balaban J connectivity index is 1.86. The van der Waals surface area contributed by atoms with Crippen LogP contribution in [0.15, 0.2) is 48.5 Å². The Labute approximate surface area is 237 Å². The monoisotopic (exact) mass is 572 g/mol. The maximum Gasteiger partial charge on any atom is 0.326 e. The number of phenolic OH excluding ortho intramolecular Hbond substituents is 2. The molecular weight excluding hydrogens is 536 g/mol. The van der Waals surface area contributed by atoms with Crippen LogP contribution in [0.1, 0.15) is 30.4 Å². The minimum Gasteiger partial charge on any atom is -0.508 e. The lowest BCUT2D eigenvalue weighted by Crippen LogP contribution is -2.58. The molecule has 0 aliphatic carbocycles. The molecule has 11 nitrogen and oxygen atoms in total. The Morgan fingerprint density at radius 3 is 1.98 bits per heavy atom. The number of nitrogens with one attached hydrogen (secondary N) is 2. The summed E-state index contributed by atoms with van der Waals surface area (Å²) in [5, 5.41) is 34.3. The highest BCUT2D eigenvalue weighted by Gasteiger charge is 2.38. The molecular formula is C28H36N4O7S. The van der Waals surface area contributed by atoms with Gasteiger partial charge in [0.25, 0.3) is 0 Å². The van der Waals surface area contributed by atoms with Crippen molar-refractivity contribution >= 4 is 35.5 Å². The Morgan fingerprint density at radius 1 is 0.925 bits per heavy atom. The van der Waals surface area contributed by atoms with Crippen LogP contribution in [0.25, 0.3) is 0 Å². The topological polar surface area (TPSA) is 182 Å². The van der Waals surface area contributed by atoms with E-state index < -0.39 is 47.9 Å². The number of carboxylic acid groups (broad SMARTS) is 1. The number of carbonyl (C=O) groups is 4. The molecule has 3 amide bonds. The molecule has 1 aliphatic heterocycles. The van der Waals surface area contributed by atoms with Crippen LogP contribution in [-0.2, 0) is 32.0 Å². The molecule has 1 saturated heterocycles. The molecule has 4 unspecified atom stereocenters. The third-order valence-corrected chi connectivity index (χ3v) is 7.43. The maximum absolute atomic E-state index is 13.6. The second-order valence-corrected chi connectivity index (χ2v) is 10.8. The Hall–Kier alpha value is -3.77. The van der Waals surface area contributed by atoms with Crippen molar-refractivity contribution in [3.05, 3.63) is 59.7 Å². The second-order valence-electron chi connectivity index (χ2n) is 9.78. The molecule has 0 bridgehead atoms. The van der Waals surface area contributed by atoms with Crippen LogP contribution in [0.3, 0.4) is 0 Å². The van der Waals surface area contributed by atoms with Gasteiger partial charge < -0.3 is 36.6 Å². The lowest BCUT2D eigenvalue weighted by atomic mass is 10.0. The largest absolute Gasteiger partial charge is 0.508 e. The maximum atomic E-state index is 13.6. The van der Waals surface area contributed by atoms with Crippen LogP contribution in [-0.4, -0.2) is 86.6 Å².